The molecule has 3 rings (SSSR count). The van der Waals surface area contributed by atoms with Gasteiger partial charge in [0.25, 0.3) is 0 Å². The summed E-state index contributed by atoms with van der Waals surface area (Å²) in [6.07, 6.45) is 1.73. The first-order valence-corrected chi connectivity index (χ1v) is 4.93. The predicted molar refractivity (Wildman–Crippen MR) is 61.5 cm³/mol. The highest BCUT2D eigenvalue weighted by Crippen LogP contribution is 2.25. The maximum Gasteiger partial charge on any atom is 0.0932 e. The molecule has 0 amide bonds. The Bertz CT molecular complexity index is 582. The first-order chi connectivity index (χ1) is 7.45. The minimum atomic E-state index is 1.01. The number of imidazole rings is 1. The molecule has 0 atom stereocenters. The Kier molecular flexibility index (Phi) is 1.78. The lowest BCUT2D eigenvalue weighted by Crippen LogP contribution is -1.79. The van der Waals surface area contributed by atoms with Crippen molar-refractivity contribution >= 4 is 11.0 Å². The van der Waals surface area contributed by atoms with Gasteiger partial charge >= 0.3 is 0 Å². The Hall–Kier alpha value is -2.09. The van der Waals surface area contributed by atoms with E-state index in [1.165, 1.54) is 11.1 Å². The topological polar surface area (TPSA) is 28.7 Å². The van der Waals surface area contributed by atoms with Crippen LogP contribution in [0.5, 0.6) is 0 Å². The molecule has 2 aromatic carbocycles. The van der Waals surface area contributed by atoms with Crippen LogP contribution in [0.4, 0.5) is 0 Å². The lowest BCUT2D eigenvalue weighted by molar-refractivity contribution is 1.34. The normalized spacial score (nSPS) is 10.7. The molecule has 1 heterocycles. The van der Waals surface area contributed by atoms with Crippen LogP contribution < -0.4 is 0 Å². The van der Waals surface area contributed by atoms with E-state index in [-0.39, 0.29) is 0 Å². The predicted octanol–water partition coefficient (Wildman–Crippen LogP) is 3.23. The second-order valence-electron chi connectivity index (χ2n) is 3.47. The zero-order valence-electron chi connectivity index (χ0n) is 8.14. The third-order valence-corrected chi connectivity index (χ3v) is 2.54. The number of nitrogens with zero attached hydrogens (tertiary/aromatic N) is 1. The summed E-state index contributed by atoms with van der Waals surface area (Å²) < 4.78 is 0. The van der Waals surface area contributed by atoms with E-state index in [0.717, 1.165) is 11.0 Å². The summed E-state index contributed by atoms with van der Waals surface area (Å²) in [4.78, 5) is 7.42. The van der Waals surface area contributed by atoms with Gasteiger partial charge in [-0.1, -0.05) is 42.5 Å². The van der Waals surface area contributed by atoms with E-state index in [9.17, 15) is 0 Å². The maximum absolute atomic E-state index is 4.25. The van der Waals surface area contributed by atoms with Crippen molar-refractivity contribution < 1.29 is 0 Å². The van der Waals surface area contributed by atoms with E-state index in [0.29, 0.717) is 0 Å². The molecule has 0 aliphatic carbocycles. The number of aromatic amines is 1. The molecule has 0 saturated carbocycles. The number of fused-ring (bicyclic) bond motifs is 1. The fourth-order valence-electron chi connectivity index (χ4n) is 1.82. The van der Waals surface area contributed by atoms with Crippen LogP contribution in [-0.4, -0.2) is 9.97 Å². The van der Waals surface area contributed by atoms with Gasteiger partial charge in [0.2, 0.25) is 0 Å². The molecule has 0 aliphatic heterocycles. The summed E-state index contributed by atoms with van der Waals surface area (Å²) in [5, 5.41) is 0. The van der Waals surface area contributed by atoms with Crippen LogP contribution in [0, 0.1) is 0 Å². The van der Waals surface area contributed by atoms with E-state index >= 15 is 0 Å². The number of rotatable bonds is 1. The van der Waals surface area contributed by atoms with Gasteiger partial charge in [0.15, 0.2) is 0 Å². The molecule has 15 heavy (non-hydrogen) atoms. The zero-order chi connectivity index (χ0) is 10.1. The van der Waals surface area contributed by atoms with Crippen LogP contribution in [0.1, 0.15) is 0 Å². The van der Waals surface area contributed by atoms with Crippen LogP contribution in [0.3, 0.4) is 0 Å². The second-order valence-corrected chi connectivity index (χ2v) is 3.47. The molecule has 72 valence electrons. The smallest absolute Gasteiger partial charge is 0.0932 e. The van der Waals surface area contributed by atoms with E-state index in [1.54, 1.807) is 6.33 Å². The van der Waals surface area contributed by atoms with Crippen molar-refractivity contribution in [2.45, 2.75) is 0 Å². The van der Waals surface area contributed by atoms with Crippen molar-refractivity contribution in [3.63, 3.8) is 0 Å². The van der Waals surface area contributed by atoms with Crippen molar-refractivity contribution in [1.82, 2.24) is 9.97 Å². The molecule has 0 fully saturated rings. The molecule has 2 nitrogen and oxygen atoms in total. The number of para-hydroxylation sites is 1. The minimum absolute atomic E-state index is 1.01. The number of aromatic nitrogens is 2. The largest absolute Gasteiger partial charge is 0.344 e. The number of hydrogen-bond donors (Lipinski definition) is 1. The molecule has 0 radical (unpaired) electrons. The molecule has 0 saturated heterocycles. The fourth-order valence-corrected chi connectivity index (χ4v) is 1.82. The average molecular weight is 194 g/mol. The van der Waals surface area contributed by atoms with Crippen molar-refractivity contribution in [2.75, 3.05) is 0 Å². The van der Waals surface area contributed by atoms with E-state index in [2.05, 4.69) is 28.2 Å². The lowest BCUT2D eigenvalue weighted by Gasteiger charge is -2.01. The number of hydrogen-bond acceptors (Lipinski definition) is 1. The van der Waals surface area contributed by atoms with Gasteiger partial charge in [-0.3, -0.25) is 0 Å². The lowest BCUT2D eigenvalue weighted by atomic mass is 10.0. The van der Waals surface area contributed by atoms with Gasteiger partial charge in [0.1, 0.15) is 0 Å². The highest BCUT2D eigenvalue weighted by Gasteiger charge is 2.03. The van der Waals surface area contributed by atoms with Crippen LogP contribution >= 0.6 is 0 Å². The van der Waals surface area contributed by atoms with Crippen molar-refractivity contribution in [2.24, 2.45) is 0 Å². The molecule has 0 unspecified atom stereocenters. The molecular weight excluding hydrogens is 184 g/mol. The first kappa shape index (κ1) is 8.24. The Balaban J connectivity index is 2.31. The Labute approximate surface area is 87.6 Å². The van der Waals surface area contributed by atoms with Crippen molar-refractivity contribution in [1.29, 1.82) is 0 Å². The molecule has 1 N–H and O–H groups in total. The first-order valence-electron chi connectivity index (χ1n) is 4.93. The van der Waals surface area contributed by atoms with Gasteiger partial charge in [-0.25, -0.2) is 4.98 Å². The Morgan fingerprint density at radius 2 is 1.73 bits per heavy atom. The number of H-pyrrole nitrogens is 1. The zero-order valence-corrected chi connectivity index (χ0v) is 8.14. The quantitative estimate of drug-likeness (QED) is 0.633. The Morgan fingerprint density at radius 3 is 2.60 bits per heavy atom. The van der Waals surface area contributed by atoms with Crippen LogP contribution in [0.2, 0.25) is 0 Å². The summed E-state index contributed by atoms with van der Waals surface area (Å²) in [5.74, 6) is 0. The summed E-state index contributed by atoms with van der Waals surface area (Å²) >= 11 is 0. The third-order valence-electron chi connectivity index (χ3n) is 2.54. The van der Waals surface area contributed by atoms with Crippen molar-refractivity contribution in [3.05, 3.63) is 54.9 Å². The molecule has 1 aromatic heterocycles. The Morgan fingerprint density at radius 1 is 0.867 bits per heavy atom. The number of benzene rings is 2. The van der Waals surface area contributed by atoms with Gasteiger partial charge in [0.05, 0.1) is 17.4 Å². The molecular formula is C13H10N2. The number of nitrogens with one attached hydrogen (secondary N) is 1. The minimum Gasteiger partial charge on any atom is -0.344 e. The molecule has 0 bridgehead atoms. The second kappa shape index (κ2) is 3.24. The van der Waals surface area contributed by atoms with Crippen LogP contribution in [-0.2, 0) is 0 Å². The van der Waals surface area contributed by atoms with Gasteiger partial charge < -0.3 is 4.98 Å². The van der Waals surface area contributed by atoms with Crippen LogP contribution in [0.25, 0.3) is 22.2 Å². The van der Waals surface area contributed by atoms with Gasteiger partial charge in [-0.15, -0.1) is 0 Å². The fraction of sp³-hybridized carbons (Fsp3) is 0. The van der Waals surface area contributed by atoms with Gasteiger partial charge in [-0.2, -0.15) is 0 Å². The standard InChI is InChI=1S/C13H10N2/c1-2-5-10(6-3-1)11-7-4-8-12-13(11)15-9-14-12/h1-9H,(H,14,15). The van der Waals surface area contributed by atoms with E-state index in [4.69, 9.17) is 0 Å². The van der Waals surface area contributed by atoms with Crippen molar-refractivity contribution in [3.8, 4) is 11.1 Å². The third kappa shape index (κ3) is 1.31. The van der Waals surface area contributed by atoms with Gasteiger partial charge in [0, 0.05) is 5.56 Å². The molecule has 2 heteroatoms. The summed E-state index contributed by atoms with van der Waals surface area (Å²) in [5.41, 5.74) is 4.53. The van der Waals surface area contributed by atoms with Crippen LogP contribution in [0.15, 0.2) is 54.9 Å². The summed E-state index contributed by atoms with van der Waals surface area (Å²) in [6, 6.07) is 16.5. The average Bonchev–Trinajstić information content (AvgIpc) is 2.78. The molecule has 0 spiro atoms. The molecule has 3 aromatic rings. The van der Waals surface area contributed by atoms with E-state index in [1.807, 2.05) is 30.3 Å². The summed E-state index contributed by atoms with van der Waals surface area (Å²) in [7, 11) is 0. The van der Waals surface area contributed by atoms with Gasteiger partial charge in [-0.05, 0) is 11.6 Å². The highest BCUT2D eigenvalue weighted by molar-refractivity contribution is 5.91. The molecule has 0 aliphatic rings. The highest BCUT2D eigenvalue weighted by atomic mass is 14.9. The monoisotopic (exact) mass is 194 g/mol. The maximum atomic E-state index is 4.25. The van der Waals surface area contributed by atoms with E-state index < -0.39 is 0 Å². The summed E-state index contributed by atoms with van der Waals surface area (Å²) in [6.45, 7) is 0. The SMILES string of the molecule is c1ccc(-c2cccc3nc[nH]c23)cc1.